The summed E-state index contributed by atoms with van der Waals surface area (Å²) in [5.74, 6) is 0.0892. The SMILES string of the molecule is CC(Nc1ccc([N+](=O)[O-])cc1C#N)c1ccc(OCC(F)(F)F)cc1. The first-order valence-electron chi connectivity index (χ1n) is 7.44. The van der Waals surface area contributed by atoms with Gasteiger partial charge < -0.3 is 10.1 Å². The van der Waals surface area contributed by atoms with E-state index < -0.39 is 17.7 Å². The van der Waals surface area contributed by atoms with E-state index in [9.17, 15) is 23.3 Å². The van der Waals surface area contributed by atoms with Gasteiger partial charge >= 0.3 is 6.18 Å². The van der Waals surface area contributed by atoms with Crippen molar-refractivity contribution in [3.63, 3.8) is 0 Å². The fourth-order valence-corrected chi connectivity index (χ4v) is 2.20. The quantitative estimate of drug-likeness (QED) is 0.598. The highest BCUT2D eigenvalue weighted by Crippen LogP contribution is 2.27. The number of hydrogen-bond acceptors (Lipinski definition) is 5. The summed E-state index contributed by atoms with van der Waals surface area (Å²) in [7, 11) is 0. The predicted molar refractivity (Wildman–Crippen MR) is 87.8 cm³/mol. The molecule has 2 aromatic carbocycles. The third-order valence-electron chi connectivity index (χ3n) is 3.49. The van der Waals surface area contributed by atoms with E-state index in [0.29, 0.717) is 5.69 Å². The lowest BCUT2D eigenvalue weighted by atomic mass is 10.1. The molecule has 0 aromatic heterocycles. The Balaban J connectivity index is 2.09. The molecule has 0 saturated heterocycles. The number of anilines is 1. The van der Waals surface area contributed by atoms with Crippen LogP contribution in [-0.4, -0.2) is 17.7 Å². The molecular formula is C17H14F3N3O3. The van der Waals surface area contributed by atoms with E-state index in [2.05, 4.69) is 10.1 Å². The summed E-state index contributed by atoms with van der Waals surface area (Å²) in [6.07, 6.45) is -4.41. The average Bonchev–Trinajstić information content (AvgIpc) is 2.59. The number of nitro groups is 1. The molecule has 136 valence electrons. The molecule has 0 radical (unpaired) electrons. The third-order valence-corrected chi connectivity index (χ3v) is 3.49. The fraction of sp³-hybridized carbons (Fsp3) is 0.235. The summed E-state index contributed by atoms with van der Waals surface area (Å²) in [5, 5.41) is 23.0. The van der Waals surface area contributed by atoms with Crippen LogP contribution >= 0.6 is 0 Å². The van der Waals surface area contributed by atoms with Crippen molar-refractivity contribution >= 4 is 11.4 Å². The van der Waals surface area contributed by atoms with Crippen LogP contribution in [0.4, 0.5) is 24.5 Å². The molecular weight excluding hydrogens is 351 g/mol. The van der Waals surface area contributed by atoms with Crippen LogP contribution in [0, 0.1) is 21.4 Å². The second kappa shape index (κ2) is 7.74. The maximum Gasteiger partial charge on any atom is 0.422 e. The van der Waals surface area contributed by atoms with E-state index in [4.69, 9.17) is 5.26 Å². The Morgan fingerprint density at radius 1 is 1.27 bits per heavy atom. The van der Waals surface area contributed by atoms with E-state index in [1.165, 1.54) is 30.3 Å². The summed E-state index contributed by atoms with van der Waals surface area (Å²) in [6.45, 7) is 0.419. The molecule has 0 saturated carbocycles. The van der Waals surface area contributed by atoms with Crippen molar-refractivity contribution in [1.29, 1.82) is 5.26 Å². The van der Waals surface area contributed by atoms with Crippen molar-refractivity contribution in [2.75, 3.05) is 11.9 Å². The Labute approximate surface area is 147 Å². The number of rotatable bonds is 6. The van der Waals surface area contributed by atoms with Gasteiger partial charge in [-0.05, 0) is 30.7 Å². The van der Waals surface area contributed by atoms with Gasteiger partial charge in [0.1, 0.15) is 11.8 Å². The van der Waals surface area contributed by atoms with Gasteiger partial charge in [0.05, 0.1) is 16.2 Å². The number of ether oxygens (including phenoxy) is 1. The van der Waals surface area contributed by atoms with E-state index in [0.717, 1.165) is 5.56 Å². The molecule has 0 aliphatic carbocycles. The lowest BCUT2D eigenvalue weighted by Gasteiger charge is -2.17. The summed E-state index contributed by atoms with van der Waals surface area (Å²) in [5.41, 5.74) is 1.09. The van der Waals surface area contributed by atoms with Gasteiger partial charge in [-0.25, -0.2) is 0 Å². The standard InChI is InChI=1S/C17H14F3N3O3/c1-11(12-2-5-15(6-3-12)26-10-17(18,19)20)22-16-7-4-14(23(24)25)8-13(16)9-21/h2-8,11,22H,10H2,1H3. The maximum absolute atomic E-state index is 12.1. The van der Waals surface area contributed by atoms with Crippen LogP contribution in [0.2, 0.25) is 0 Å². The van der Waals surface area contributed by atoms with Crippen molar-refractivity contribution in [3.8, 4) is 11.8 Å². The van der Waals surface area contributed by atoms with Gasteiger partial charge in [0.15, 0.2) is 6.61 Å². The second-order valence-electron chi connectivity index (χ2n) is 5.44. The second-order valence-corrected chi connectivity index (χ2v) is 5.44. The summed E-state index contributed by atoms with van der Waals surface area (Å²) < 4.78 is 41.1. The number of hydrogen-bond donors (Lipinski definition) is 1. The molecule has 1 atom stereocenters. The minimum absolute atomic E-state index is 0.0892. The Hall–Kier alpha value is -3.28. The monoisotopic (exact) mass is 365 g/mol. The number of halogens is 3. The van der Waals surface area contributed by atoms with Gasteiger partial charge in [0, 0.05) is 18.2 Å². The number of nitro benzene ring substituents is 1. The van der Waals surface area contributed by atoms with Crippen molar-refractivity contribution in [2.24, 2.45) is 0 Å². The Morgan fingerprint density at radius 3 is 2.46 bits per heavy atom. The van der Waals surface area contributed by atoms with Crippen LogP contribution in [0.5, 0.6) is 5.75 Å². The number of nitrogens with one attached hydrogen (secondary N) is 1. The van der Waals surface area contributed by atoms with Crippen molar-refractivity contribution < 1.29 is 22.8 Å². The first kappa shape index (κ1) is 19.1. The molecule has 0 amide bonds. The van der Waals surface area contributed by atoms with Crippen molar-refractivity contribution in [1.82, 2.24) is 0 Å². The van der Waals surface area contributed by atoms with E-state index in [1.54, 1.807) is 19.1 Å². The molecule has 0 fully saturated rings. The lowest BCUT2D eigenvalue weighted by molar-refractivity contribution is -0.384. The minimum Gasteiger partial charge on any atom is -0.484 e. The minimum atomic E-state index is -4.41. The molecule has 0 aliphatic rings. The number of nitrogens with zero attached hydrogens (tertiary/aromatic N) is 2. The lowest BCUT2D eigenvalue weighted by Crippen LogP contribution is -2.19. The topological polar surface area (TPSA) is 88.2 Å². The first-order valence-corrected chi connectivity index (χ1v) is 7.44. The Bertz CT molecular complexity index is 830. The maximum atomic E-state index is 12.1. The van der Waals surface area contributed by atoms with Gasteiger partial charge in [-0.15, -0.1) is 0 Å². The highest BCUT2D eigenvalue weighted by atomic mass is 19.4. The van der Waals surface area contributed by atoms with Crippen LogP contribution in [0.25, 0.3) is 0 Å². The van der Waals surface area contributed by atoms with Gasteiger partial charge in [0.25, 0.3) is 5.69 Å². The largest absolute Gasteiger partial charge is 0.484 e. The van der Waals surface area contributed by atoms with Crippen molar-refractivity contribution in [3.05, 3.63) is 63.7 Å². The normalized spacial score (nSPS) is 12.1. The van der Waals surface area contributed by atoms with Gasteiger partial charge in [0.2, 0.25) is 0 Å². The number of benzene rings is 2. The molecule has 1 unspecified atom stereocenters. The summed E-state index contributed by atoms with van der Waals surface area (Å²) in [6, 6.07) is 11.5. The third kappa shape index (κ3) is 5.11. The number of alkyl halides is 3. The molecule has 2 aromatic rings. The molecule has 9 heteroatoms. The summed E-state index contributed by atoms with van der Waals surface area (Å²) in [4.78, 5) is 10.2. The zero-order valence-electron chi connectivity index (χ0n) is 13.6. The summed E-state index contributed by atoms with van der Waals surface area (Å²) >= 11 is 0. The van der Waals surface area contributed by atoms with Crippen LogP contribution in [0.3, 0.4) is 0 Å². The molecule has 0 aliphatic heterocycles. The van der Waals surface area contributed by atoms with E-state index >= 15 is 0 Å². The zero-order valence-corrected chi connectivity index (χ0v) is 13.6. The predicted octanol–water partition coefficient (Wildman–Crippen LogP) is 4.58. The van der Waals surface area contributed by atoms with Crippen LogP contribution < -0.4 is 10.1 Å². The van der Waals surface area contributed by atoms with Crippen LogP contribution in [-0.2, 0) is 0 Å². The number of nitriles is 1. The molecule has 6 nitrogen and oxygen atoms in total. The van der Waals surface area contributed by atoms with Crippen LogP contribution in [0.1, 0.15) is 24.1 Å². The molecule has 1 N–H and O–H groups in total. The van der Waals surface area contributed by atoms with E-state index in [-0.39, 0.29) is 23.0 Å². The zero-order chi connectivity index (χ0) is 19.3. The Kier molecular flexibility index (Phi) is 5.67. The smallest absolute Gasteiger partial charge is 0.422 e. The molecule has 2 rings (SSSR count). The van der Waals surface area contributed by atoms with Gasteiger partial charge in [-0.1, -0.05) is 12.1 Å². The highest BCUT2D eigenvalue weighted by Gasteiger charge is 2.28. The van der Waals surface area contributed by atoms with E-state index in [1.807, 2.05) is 6.07 Å². The average molecular weight is 365 g/mol. The molecule has 0 bridgehead atoms. The fourth-order valence-electron chi connectivity index (χ4n) is 2.20. The van der Waals surface area contributed by atoms with Gasteiger partial charge in [-0.3, -0.25) is 10.1 Å². The molecule has 26 heavy (non-hydrogen) atoms. The molecule has 0 heterocycles. The van der Waals surface area contributed by atoms with Crippen LogP contribution in [0.15, 0.2) is 42.5 Å². The highest BCUT2D eigenvalue weighted by molar-refractivity contribution is 5.62. The number of non-ortho nitro benzene ring substituents is 1. The van der Waals surface area contributed by atoms with Gasteiger partial charge in [-0.2, -0.15) is 18.4 Å². The first-order chi connectivity index (χ1) is 12.2. The Morgan fingerprint density at radius 2 is 1.92 bits per heavy atom. The van der Waals surface area contributed by atoms with Crippen molar-refractivity contribution in [2.45, 2.75) is 19.1 Å². The molecule has 0 spiro atoms.